The van der Waals surface area contributed by atoms with Gasteiger partial charge >= 0.3 is 0 Å². The van der Waals surface area contributed by atoms with Crippen molar-refractivity contribution in [3.63, 3.8) is 0 Å². The monoisotopic (exact) mass is 441 g/mol. The molecule has 1 amide bonds. The maximum Gasteiger partial charge on any atom is 0.261 e. The first kappa shape index (κ1) is 20.8. The molecule has 3 aromatic heterocycles. The van der Waals surface area contributed by atoms with Crippen LogP contribution in [0.5, 0.6) is 0 Å². The molecule has 0 radical (unpaired) electrons. The third kappa shape index (κ3) is 4.19. The number of aromatic nitrogens is 4. The number of H-pyrrole nitrogens is 1. The second-order valence-corrected chi connectivity index (χ2v) is 8.15. The predicted molar refractivity (Wildman–Crippen MR) is 123 cm³/mol. The van der Waals surface area contributed by atoms with Crippen LogP contribution in [0.3, 0.4) is 0 Å². The normalized spacial score (nSPS) is 14.4. The summed E-state index contributed by atoms with van der Waals surface area (Å²) in [6.45, 7) is 2.87. The average Bonchev–Trinajstić information content (AvgIpc) is 3.35. The number of likely N-dealkylation sites (tertiary alicyclic amines) is 1. The zero-order chi connectivity index (χ0) is 22.8. The summed E-state index contributed by atoms with van der Waals surface area (Å²) in [5.41, 5.74) is 3.00. The number of amides is 1. The summed E-state index contributed by atoms with van der Waals surface area (Å²) in [6, 6.07) is 17.0. The van der Waals surface area contributed by atoms with Crippen LogP contribution in [0.25, 0.3) is 22.6 Å². The summed E-state index contributed by atoms with van der Waals surface area (Å²) >= 11 is 0. The van der Waals surface area contributed by atoms with Gasteiger partial charge in [-0.1, -0.05) is 41.6 Å². The van der Waals surface area contributed by atoms with Crippen molar-refractivity contribution >= 4 is 5.91 Å². The number of rotatable bonds is 4. The van der Waals surface area contributed by atoms with E-state index in [4.69, 9.17) is 4.52 Å². The first-order valence-electron chi connectivity index (χ1n) is 10.9. The summed E-state index contributed by atoms with van der Waals surface area (Å²) in [5.74, 6) is 0.827. The van der Waals surface area contributed by atoms with Crippen molar-refractivity contribution < 1.29 is 9.32 Å². The molecule has 4 aromatic rings. The van der Waals surface area contributed by atoms with Gasteiger partial charge in [-0.15, -0.1) is 0 Å². The Morgan fingerprint density at radius 1 is 1.09 bits per heavy atom. The van der Waals surface area contributed by atoms with Crippen molar-refractivity contribution in [1.82, 2.24) is 25.0 Å². The molecule has 1 fully saturated rings. The van der Waals surface area contributed by atoms with Gasteiger partial charge in [-0.2, -0.15) is 4.98 Å². The van der Waals surface area contributed by atoms with Crippen LogP contribution in [-0.2, 0) is 0 Å². The SMILES string of the molecule is Cc1[nH]c(=O)c(C(=O)N2CCC(c3nc(-c4ccccn4)no3)CC2)cc1-c1ccccc1. The molecule has 1 aromatic carbocycles. The second kappa shape index (κ2) is 8.82. The number of aryl methyl sites for hydroxylation is 1. The molecule has 1 N–H and O–H groups in total. The lowest BCUT2D eigenvalue weighted by Crippen LogP contribution is -2.40. The van der Waals surface area contributed by atoms with E-state index in [0.29, 0.717) is 43.3 Å². The zero-order valence-corrected chi connectivity index (χ0v) is 18.2. The van der Waals surface area contributed by atoms with Gasteiger partial charge in [0.05, 0.1) is 0 Å². The lowest BCUT2D eigenvalue weighted by atomic mass is 9.96. The van der Waals surface area contributed by atoms with E-state index >= 15 is 0 Å². The molecule has 5 rings (SSSR count). The van der Waals surface area contributed by atoms with Crippen LogP contribution in [-0.4, -0.2) is 44.0 Å². The highest BCUT2D eigenvalue weighted by atomic mass is 16.5. The Kier molecular flexibility index (Phi) is 5.56. The quantitative estimate of drug-likeness (QED) is 0.516. The fourth-order valence-electron chi connectivity index (χ4n) is 4.20. The minimum Gasteiger partial charge on any atom is -0.339 e. The maximum absolute atomic E-state index is 13.2. The Bertz CT molecular complexity index is 1320. The van der Waals surface area contributed by atoms with Crippen molar-refractivity contribution in [3.8, 4) is 22.6 Å². The average molecular weight is 441 g/mol. The highest BCUT2D eigenvalue weighted by molar-refractivity contribution is 5.95. The zero-order valence-electron chi connectivity index (χ0n) is 18.2. The van der Waals surface area contributed by atoms with Crippen LogP contribution in [0.1, 0.15) is 40.7 Å². The van der Waals surface area contributed by atoms with E-state index < -0.39 is 0 Å². The fourth-order valence-corrected chi connectivity index (χ4v) is 4.20. The standard InChI is InChI=1S/C25H23N5O3/c1-16-19(17-7-3-2-4-8-17)15-20(23(31)27-16)25(32)30-13-10-18(11-14-30)24-28-22(29-33-24)21-9-5-6-12-26-21/h2-9,12,15,18H,10-11,13-14H2,1H3,(H,27,31). The second-order valence-electron chi connectivity index (χ2n) is 8.15. The minimum atomic E-state index is -0.365. The largest absolute Gasteiger partial charge is 0.339 e. The lowest BCUT2D eigenvalue weighted by molar-refractivity contribution is 0.0702. The Morgan fingerprint density at radius 3 is 2.58 bits per heavy atom. The van der Waals surface area contributed by atoms with Gasteiger partial charge in [0, 0.05) is 36.5 Å². The summed E-state index contributed by atoms with van der Waals surface area (Å²) in [6.07, 6.45) is 3.06. The van der Waals surface area contributed by atoms with Crippen molar-refractivity contribution in [3.05, 3.63) is 88.3 Å². The van der Waals surface area contributed by atoms with Crippen LogP contribution in [0, 0.1) is 6.92 Å². The van der Waals surface area contributed by atoms with E-state index in [-0.39, 0.29) is 22.9 Å². The smallest absolute Gasteiger partial charge is 0.261 e. The summed E-state index contributed by atoms with van der Waals surface area (Å²) < 4.78 is 5.48. The molecule has 8 nitrogen and oxygen atoms in total. The number of carbonyl (C=O) groups is 1. The highest BCUT2D eigenvalue weighted by Gasteiger charge is 2.29. The molecule has 4 heterocycles. The molecule has 0 aliphatic carbocycles. The van der Waals surface area contributed by atoms with Gasteiger partial charge in [0.25, 0.3) is 11.5 Å². The Balaban J connectivity index is 1.30. The highest BCUT2D eigenvalue weighted by Crippen LogP contribution is 2.29. The Hall–Kier alpha value is -4.07. The van der Waals surface area contributed by atoms with Gasteiger partial charge in [0.2, 0.25) is 11.7 Å². The number of hydrogen-bond acceptors (Lipinski definition) is 6. The van der Waals surface area contributed by atoms with E-state index in [1.54, 1.807) is 17.2 Å². The summed E-state index contributed by atoms with van der Waals surface area (Å²) in [5, 5.41) is 4.05. The summed E-state index contributed by atoms with van der Waals surface area (Å²) in [7, 11) is 0. The molecule has 0 saturated carbocycles. The van der Waals surface area contributed by atoms with Crippen LogP contribution in [0.2, 0.25) is 0 Å². The van der Waals surface area contributed by atoms with E-state index in [1.807, 2.05) is 55.5 Å². The Morgan fingerprint density at radius 2 is 1.85 bits per heavy atom. The number of nitrogens with one attached hydrogen (secondary N) is 1. The molecule has 0 atom stereocenters. The molecule has 1 aliphatic rings. The number of carbonyl (C=O) groups excluding carboxylic acids is 1. The number of aromatic amines is 1. The molecule has 8 heteroatoms. The van der Waals surface area contributed by atoms with Crippen molar-refractivity contribution in [2.75, 3.05) is 13.1 Å². The van der Waals surface area contributed by atoms with Crippen LogP contribution < -0.4 is 5.56 Å². The van der Waals surface area contributed by atoms with Crippen LogP contribution >= 0.6 is 0 Å². The van der Waals surface area contributed by atoms with Gasteiger partial charge in [-0.3, -0.25) is 14.6 Å². The third-order valence-corrected chi connectivity index (χ3v) is 6.02. The van der Waals surface area contributed by atoms with Gasteiger partial charge in [-0.25, -0.2) is 0 Å². The molecule has 0 bridgehead atoms. The first-order chi connectivity index (χ1) is 16.1. The molecule has 0 unspecified atom stereocenters. The third-order valence-electron chi connectivity index (χ3n) is 6.02. The molecule has 166 valence electrons. The topological polar surface area (TPSA) is 105 Å². The van der Waals surface area contributed by atoms with E-state index in [0.717, 1.165) is 16.8 Å². The lowest BCUT2D eigenvalue weighted by Gasteiger charge is -2.30. The van der Waals surface area contributed by atoms with Gasteiger partial charge in [0.1, 0.15) is 11.3 Å². The molecule has 0 spiro atoms. The van der Waals surface area contributed by atoms with Gasteiger partial charge in [-0.05, 0) is 43.5 Å². The molecular weight excluding hydrogens is 418 g/mol. The first-order valence-corrected chi connectivity index (χ1v) is 10.9. The number of pyridine rings is 2. The maximum atomic E-state index is 13.2. The van der Waals surface area contributed by atoms with Gasteiger partial charge < -0.3 is 14.4 Å². The van der Waals surface area contributed by atoms with Gasteiger partial charge in [0.15, 0.2) is 0 Å². The van der Waals surface area contributed by atoms with Crippen molar-refractivity contribution in [1.29, 1.82) is 0 Å². The minimum absolute atomic E-state index is 0.0650. The van der Waals surface area contributed by atoms with Crippen LogP contribution in [0.4, 0.5) is 0 Å². The molecule has 33 heavy (non-hydrogen) atoms. The van der Waals surface area contributed by atoms with E-state index in [9.17, 15) is 9.59 Å². The summed E-state index contributed by atoms with van der Waals surface area (Å²) in [4.78, 5) is 39.1. The molecular formula is C25H23N5O3. The predicted octanol–water partition coefficient (Wildman–Crippen LogP) is 3.82. The molecule has 1 aliphatic heterocycles. The number of hydrogen-bond donors (Lipinski definition) is 1. The van der Waals surface area contributed by atoms with Crippen molar-refractivity contribution in [2.45, 2.75) is 25.7 Å². The molecule has 1 saturated heterocycles. The van der Waals surface area contributed by atoms with E-state index in [1.165, 1.54) is 0 Å². The number of piperidine rings is 1. The fraction of sp³-hybridized carbons (Fsp3) is 0.240. The number of benzene rings is 1. The number of nitrogens with zero attached hydrogens (tertiary/aromatic N) is 4. The Labute approximate surface area is 190 Å². The van der Waals surface area contributed by atoms with Crippen molar-refractivity contribution in [2.24, 2.45) is 0 Å². The van der Waals surface area contributed by atoms with Crippen LogP contribution in [0.15, 0.2) is 70.1 Å². The van der Waals surface area contributed by atoms with E-state index in [2.05, 4.69) is 20.1 Å².